The summed E-state index contributed by atoms with van der Waals surface area (Å²) in [4.78, 5) is 12.0. The first-order chi connectivity index (χ1) is 9.22. The molecule has 5 nitrogen and oxygen atoms in total. The van der Waals surface area contributed by atoms with Crippen molar-refractivity contribution in [3.63, 3.8) is 0 Å². The largest absolute Gasteiger partial charge is 0.306 e. The Kier molecular flexibility index (Phi) is 5.87. The highest BCUT2D eigenvalue weighted by molar-refractivity contribution is 7.58. The molecular weight excluding hydrogens is 280 g/mol. The van der Waals surface area contributed by atoms with Gasteiger partial charge >= 0.3 is 7.59 Å². The van der Waals surface area contributed by atoms with Gasteiger partial charge in [0, 0.05) is 17.6 Å². The molecule has 0 fully saturated rings. The van der Waals surface area contributed by atoms with E-state index in [2.05, 4.69) is 15.3 Å². The molecule has 20 heavy (non-hydrogen) atoms. The minimum atomic E-state index is -3.26. The fourth-order valence-electron chi connectivity index (χ4n) is 1.64. The highest BCUT2D eigenvalue weighted by Crippen LogP contribution is 2.32. The van der Waals surface area contributed by atoms with Gasteiger partial charge in [-0.3, -0.25) is 14.4 Å². The van der Waals surface area contributed by atoms with Crippen LogP contribution >= 0.6 is 7.59 Å². The van der Waals surface area contributed by atoms with Gasteiger partial charge in [-0.05, 0) is 52.0 Å². The molecular formula is C13H21FN3O2P. The fourth-order valence-corrected chi connectivity index (χ4v) is 3.71. The molecule has 7 heteroatoms. The van der Waals surface area contributed by atoms with Crippen LogP contribution in [-0.2, 0) is 4.57 Å². The number of hydrogen-bond acceptors (Lipinski definition) is 2. The smallest absolute Gasteiger partial charge is 0.279 e. The molecule has 1 amide bonds. The van der Waals surface area contributed by atoms with Crippen LogP contribution in [0.5, 0.6) is 0 Å². The van der Waals surface area contributed by atoms with Crippen LogP contribution < -0.4 is 15.3 Å². The predicted octanol–water partition coefficient (Wildman–Crippen LogP) is 2.66. The lowest BCUT2D eigenvalue weighted by atomic mass is 10.2. The van der Waals surface area contributed by atoms with Crippen molar-refractivity contribution >= 4 is 13.5 Å². The molecule has 0 spiro atoms. The quantitative estimate of drug-likeness (QED) is 0.707. The number of halogens is 1. The van der Waals surface area contributed by atoms with Crippen LogP contribution in [0.25, 0.3) is 0 Å². The van der Waals surface area contributed by atoms with Crippen molar-refractivity contribution in [2.24, 2.45) is 0 Å². The topological polar surface area (TPSA) is 70.2 Å². The zero-order chi connectivity index (χ0) is 15.3. The molecule has 3 N–H and O–H groups in total. The number of carbonyl (C=O) groups is 1. The van der Waals surface area contributed by atoms with Crippen LogP contribution in [0.15, 0.2) is 24.3 Å². The van der Waals surface area contributed by atoms with Crippen LogP contribution in [0.1, 0.15) is 38.1 Å². The van der Waals surface area contributed by atoms with E-state index in [1.165, 1.54) is 24.3 Å². The molecule has 112 valence electrons. The van der Waals surface area contributed by atoms with E-state index >= 15 is 0 Å². The van der Waals surface area contributed by atoms with Crippen molar-refractivity contribution < 1.29 is 13.8 Å². The van der Waals surface area contributed by atoms with E-state index in [1.807, 2.05) is 27.7 Å². The first-order valence-corrected chi connectivity index (χ1v) is 8.16. The number of amides is 1. The van der Waals surface area contributed by atoms with Crippen molar-refractivity contribution in [1.82, 2.24) is 15.3 Å². The summed E-state index contributed by atoms with van der Waals surface area (Å²) in [6.07, 6.45) is 0. The Balaban J connectivity index is 2.86. The molecule has 0 aliphatic carbocycles. The van der Waals surface area contributed by atoms with Gasteiger partial charge < -0.3 is 0 Å². The minimum Gasteiger partial charge on any atom is -0.279 e. The van der Waals surface area contributed by atoms with E-state index in [-0.39, 0.29) is 17.6 Å². The van der Waals surface area contributed by atoms with Crippen LogP contribution in [0.2, 0.25) is 0 Å². The van der Waals surface area contributed by atoms with Crippen molar-refractivity contribution in [2.45, 2.75) is 39.8 Å². The molecule has 1 rings (SSSR count). The lowest BCUT2D eigenvalue weighted by Gasteiger charge is -2.25. The van der Waals surface area contributed by atoms with E-state index in [0.717, 1.165) is 0 Å². The number of hydrogen-bond donors (Lipinski definition) is 3. The van der Waals surface area contributed by atoms with Gasteiger partial charge in [-0.25, -0.2) is 14.6 Å². The average molecular weight is 301 g/mol. The Labute approximate surface area is 118 Å². The SMILES string of the molecule is CC(C)NP(=O)(NC(=O)c1ccc(F)cc1)NC(C)C. The predicted molar refractivity (Wildman–Crippen MR) is 78.0 cm³/mol. The third-order valence-corrected chi connectivity index (χ3v) is 4.52. The summed E-state index contributed by atoms with van der Waals surface area (Å²) in [5.41, 5.74) is 0.253. The Morgan fingerprint density at radius 3 is 1.90 bits per heavy atom. The first kappa shape index (κ1) is 16.8. The summed E-state index contributed by atoms with van der Waals surface area (Å²) in [5, 5.41) is 8.14. The van der Waals surface area contributed by atoms with Crippen molar-refractivity contribution in [1.29, 1.82) is 0 Å². The van der Waals surface area contributed by atoms with Gasteiger partial charge in [0.25, 0.3) is 5.91 Å². The Morgan fingerprint density at radius 2 is 1.50 bits per heavy atom. The minimum absolute atomic E-state index is 0.0689. The van der Waals surface area contributed by atoms with Crippen LogP contribution in [0.4, 0.5) is 4.39 Å². The van der Waals surface area contributed by atoms with Crippen molar-refractivity contribution in [2.75, 3.05) is 0 Å². The standard InChI is InChI=1S/C13H21FN3O2P/c1-9(2)15-20(19,16-10(3)4)17-13(18)11-5-7-12(14)8-6-11/h5-10H,1-4H3,(H3,15,16,17,18,19). The first-order valence-electron chi connectivity index (χ1n) is 6.45. The third-order valence-electron chi connectivity index (χ3n) is 2.25. The Bertz CT molecular complexity index is 489. The summed E-state index contributed by atoms with van der Waals surface area (Å²) in [6, 6.07) is 4.93. The molecule has 0 unspecified atom stereocenters. The average Bonchev–Trinajstić information content (AvgIpc) is 2.26. The molecule has 0 bridgehead atoms. The summed E-state index contributed by atoms with van der Waals surface area (Å²) in [7, 11) is -3.26. The molecule has 0 atom stereocenters. The molecule has 0 heterocycles. The molecule has 0 radical (unpaired) electrons. The number of benzene rings is 1. The van der Waals surface area contributed by atoms with E-state index in [0.29, 0.717) is 0 Å². The normalized spacial score (nSPS) is 11.9. The van der Waals surface area contributed by atoms with Crippen molar-refractivity contribution in [3.8, 4) is 0 Å². The van der Waals surface area contributed by atoms with Gasteiger partial charge in [0.15, 0.2) is 0 Å². The van der Waals surface area contributed by atoms with Gasteiger partial charge in [0.05, 0.1) is 0 Å². The summed E-state index contributed by atoms with van der Waals surface area (Å²) in [5.74, 6) is -0.944. The van der Waals surface area contributed by atoms with Crippen LogP contribution in [0.3, 0.4) is 0 Å². The van der Waals surface area contributed by atoms with Crippen molar-refractivity contribution in [3.05, 3.63) is 35.6 Å². The second-order valence-electron chi connectivity index (χ2n) is 5.12. The molecule has 0 aliphatic rings. The van der Waals surface area contributed by atoms with Gasteiger partial charge in [-0.2, -0.15) is 0 Å². The molecule has 0 saturated heterocycles. The second kappa shape index (κ2) is 6.97. The fraction of sp³-hybridized carbons (Fsp3) is 0.462. The lowest BCUT2D eigenvalue weighted by Crippen LogP contribution is -2.40. The van der Waals surface area contributed by atoms with Gasteiger partial charge in [-0.15, -0.1) is 0 Å². The maximum atomic E-state index is 12.8. The Morgan fingerprint density at radius 1 is 1.05 bits per heavy atom. The summed E-state index contributed by atoms with van der Waals surface area (Å²) in [6.45, 7) is 7.33. The maximum absolute atomic E-state index is 12.8. The third kappa shape index (κ3) is 5.41. The zero-order valence-corrected chi connectivity index (χ0v) is 13.0. The van der Waals surface area contributed by atoms with E-state index in [1.54, 1.807) is 0 Å². The lowest BCUT2D eigenvalue weighted by molar-refractivity contribution is 0.0979. The highest BCUT2D eigenvalue weighted by Gasteiger charge is 2.26. The van der Waals surface area contributed by atoms with Gasteiger partial charge in [0.1, 0.15) is 5.82 Å². The number of carbonyl (C=O) groups excluding carboxylic acids is 1. The van der Waals surface area contributed by atoms with E-state index in [4.69, 9.17) is 0 Å². The second-order valence-corrected chi connectivity index (χ2v) is 7.08. The maximum Gasteiger partial charge on any atom is 0.306 e. The molecule has 0 aromatic heterocycles. The Hall–Kier alpha value is -1.23. The van der Waals surface area contributed by atoms with Gasteiger partial charge in [-0.1, -0.05) is 0 Å². The molecule has 0 aliphatic heterocycles. The highest BCUT2D eigenvalue weighted by atomic mass is 31.2. The van der Waals surface area contributed by atoms with Crippen LogP contribution in [0, 0.1) is 5.82 Å². The number of rotatable bonds is 6. The summed E-state index contributed by atoms with van der Waals surface area (Å²) >= 11 is 0. The number of nitrogens with one attached hydrogen (secondary N) is 3. The molecule has 1 aromatic carbocycles. The van der Waals surface area contributed by atoms with Gasteiger partial charge in [0.2, 0.25) is 0 Å². The summed E-state index contributed by atoms with van der Waals surface area (Å²) < 4.78 is 25.5. The van der Waals surface area contributed by atoms with Crippen LogP contribution in [-0.4, -0.2) is 18.0 Å². The molecule has 1 aromatic rings. The van der Waals surface area contributed by atoms with E-state index < -0.39 is 19.3 Å². The van der Waals surface area contributed by atoms with E-state index in [9.17, 15) is 13.8 Å². The zero-order valence-electron chi connectivity index (χ0n) is 12.1. The molecule has 0 saturated carbocycles. The monoisotopic (exact) mass is 301 g/mol.